The number of halogens is 3. The summed E-state index contributed by atoms with van der Waals surface area (Å²) < 4.78 is 43.6. The summed E-state index contributed by atoms with van der Waals surface area (Å²) >= 11 is 1.06. The summed E-state index contributed by atoms with van der Waals surface area (Å²) in [5, 5.41) is 11.0. The van der Waals surface area contributed by atoms with Gasteiger partial charge in [0.15, 0.2) is 0 Å². The van der Waals surface area contributed by atoms with E-state index in [0.717, 1.165) is 29.5 Å². The van der Waals surface area contributed by atoms with Crippen molar-refractivity contribution < 1.29 is 32.3 Å². The van der Waals surface area contributed by atoms with E-state index in [0.29, 0.717) is 12.3 Å². The molecule has 2 aromatic carbocycles. The van der Waals surface area contributed by atoms with Crippen LogP contribution in [0, 0.1) is 0 Å². The van der Waals surface area contributed by atoms with Crippen LogP contribution in [0.2, 0.25) is 0 Å². The van der Waals surface area contributed by atoms with Crippen molar-refractivity contribution in [3.63, 3.8) is 0 Å². The summed E-state index contributed by atoms with van der Waals surface area (Å²) in [6.07, 6.45) is -4.36. The number of thioether (sulfide) groups is 1. The van der Waals surface area contributed by atoms with Crippen molar-refractivity contribution in [3.05, 3.63) is 59.7 Å². The van der Waals surface area contributed by atoms with Crippen molar-refractivity contribution in [1.29, 1.82) is 0 Å². The molecule has 0 aliphatic carbocycles. The Labute approximate surface area is 204 Å². The number of methoxy groups -OCH3 is 1. The molecule has 0 bridgehead atoms. The Kier molecular flexibility index (Phi) is 8.99. The Bertz CT molecular complexity index is 1070. The van der Waals surface area contributed by atoms with Crippen LogP contribution in [0.1, 0.15) is 24.0 Å². The first kappa shape index (κ1) is 26.4. The maximum Gasteiger partial charge on any atom is 0.416 e. The number of nitrogens with one attached hydrogen (secondary N) is 4. The van der Waals surface area contributed by atoms with Gasteiger partial charge >= 0.3 is 6.18 Å². The van der Waals surface area contributed by atoms with E-state index >= 15 is 0 Å². The molecule has 2 unspecified atom stereocenters. The Morgan fingerprint density at radius 1 is 1.14 bits per heavy atom. The van der Waals surface area contributed by atoms with E-state index in [-0.39, 0.29) is 36.1 Å². The van der Waals surface area contributed by atoms with E-state index in [2.05, 4.69) is 21.3 Å². The molecule has 0 saturated carbocycles. The number of carbonyl (C=O) groups is 3. The molecule has 1 aliphatic rings. The van der Waals surface area contributed by atoms with Crippen molar-refractivity contribution in [2.45, 2.75) is 37.1 Å². The minimum Gasteiger partial charge on any atom is -0.497 e. The largest absolute Gasteiger partial charge is 0.497 e. The Morgan fingerprint density at radius 3 is 2.66 bits per heavy atom. The third-order valence-corrected chi connectivity index (χ3v) is 6.04. The molecule has 0 radical (unpaired) electrons. The van der Waals surface area contributed by atoms with Gasteiger partial charge in [0.05, 0.1) is 18.4 Å². The lowest BCUT2D eigenvalue weighted by atomic mass is 10.1. The average Bonchev–Trinajstić information content (AvgIpc) is 2.81. The van der Waals surface area contributed by atoms with Gasteiger partial charge in [-0.3, -0.25) is 19.7 Å². The van der Waals surface area contributed by atoms with Gasteiger partial charge in [-0.25, -0.2) is 0 Å². The third-order valence-electron chi connectivity index (χ3n) is 5.02. The van der Waals surface area contributed by atoms with Crippen LogP contribution in [0.4, 0.5) is 18.9 Å². The minimum atomic E-state index is -4.51. The fourth-order valence-electron chi connectivity index (χ4n) is 3.37. The van der Waals surface area contributed by atoms with Gasteiger partial charge in [0, 0.05) is 31.1 Å². The molecule has 0 spiro atoms. The zero-order valence-corrected chi connectivity index (χ0v) is 19.6. The summed E-state index contributed by atoms with van der Waals surface area (Å²) in [6, 6.07) is 11.2. The van der Waals surface area contributed by atoms with E-state index in [1.54, 1.807) is 13.2 Å². The van der Waals surface area contributed by atoms with Gasteiger partial charge in [-0.05, 0) is 35.9 Å². The zero-order valence-electron chi connectivity index (χ0n) is 18.8. The molecule has 8 nitrogen and oxygen atoms in total. The lowest BCUT2D eigenvalue weighted by Gasteiger charge is -2.30. The van der Waals surface area contributed by atoms with Crippen molar-refractivity contribution in [2.75, 3.05) is 18.2 Å². The zero-order chi connectivity index (χ0) is 25.4. The van der Waals surface area contributed by atoms with Crippen LogP contribution < -0.4 is 26.0 Å². The Balaban J connectivity index is 1.45. The number of carbonyl (C=O) groups excluding carboxylic acids is 3. The number of alkyl halides is 3. The highest BCUT2D eigenvalue weighted by Gasteiger charge is 2.31. The van der Waals surface area contributed by atoms with Crippen LogP contribution in [-0.4, -0.2) is 42.1 Å². The van der Waals surface area contributed by atoms with Crippen LogP contribution in [0.15, 0.2) is 48.5 Å². The summed E-state index contributed by atoms with van der Waals surface area (Å²) in [7, 11) is 1.56. The SMILES string of the molecule is COc1cccc(CNC(=O)CC2CC(=O)NC(SCC(=O)Nc3cccc(C(F)(F)F)c3)N2)c1. The monoisotopic (exact) mass is 510 g/mol. The summed E-state index contributed by atoms with van der Waals surface area (Å²) in [4.78, 5) is 36.6. The van der Waals surface area contributed by atoms with E-state index in [9.17, 15) is 27.6 Å². The molecule has 188 valence electrons. The summed E-state index contributed by atoms with van der Waals surface area (Å²) in [5.74, 6) is -0.484. The van der Waals surface area contributed by atoms with E-state index < -0.39 is 29.2 Å². The standard InChI is InChI=1S/C23H25F3N4O4S/c1-34-18-7-2-4-14(8-18)12-27-19(31)10-17-11-20(32)30-22(29-17)35-13-21(33)28-16-6-3-5-15(9-16)23(24,25)26/h2-9,17,22,29H,10-13H2,1H3,(H,27,31)(H,28,33)(H,30,32). The van der Waals surface area contributed by atoms with Crippen LogP contribution in [0.5, 0.6) is 5.75 Å². The van der Waals surface area contributed by atoms with Crippen molar-refractivity contribution in [1.82, 2.24) is 16.0 Å². The van der Waals surface area contributed by atoms with Crippen LogP contribution in [-0.2, 0) is 27.1 Å². The van der Waals surface area contributed by atoms with Gasteiger partial charge in [0.1, 0.15) is 11.2 Å². The second-order valence-corrected chi connectivity index (χ2v) is 8.88. The van der Waals surface area contributed by atoms with Crippen LogP contribution in [0.3, 0.4) is 0 Å². The second kappa shape index (κ2) is 11.9. The molecular weight excluding hydrogens is 485 g/mol. The van der Waals surface area contributed by atoms with Crippen LogP contribution in [0.25, 0.3) is 0 Å². The third kappa shape index (κ3) is 8.48. The normalized spacial score (nSPS) is 17.9. The van der Waals surface area contributed by atoms with E-state index in [1.165, 1.54) is 12.1 Å². The van der Waals surface area contributed by atoms with Gasteiger partial charge in [-0.2, -0.15) is 13.2 Å². The highest BCUT2D eigenvalue weighted by Crippen LogP contribution is 2.30. The molecular formula is C23H25F3N4O4S. The quantitative estimate of drug-likeness (QED) is 0.413. The van der Waals surface area contributed by atoms with Gasteiger partial charge < -0.3 is 20.7 Å². The van der Waals surface area contributed by atoms with E-state index in [1.807, 2.05) is 18.2 Å². The topological polar surface area (TPSA) is 109 Å². The molecule has 4 N–H and O–H groups in total. The van der Waals surface area contributed by atoms with Gasteiger partial charge in [0.25, 0.3) is 0 Å². The lowest BCUT2D eigenvalue weighted by Crippen LogP contribution is -2.56. The van der Waals surface area contributed by atoms with Crippen molar-refractivity contribution in [2.24, 2.45) is 0 Å². The minimum absolute atomic E-state index is 0.0247. The van der Waals surface area contributed by atoms with Crippen molar-refractivity contribution >= 4 is 35.2 Å². The molecule has 3 amide bonds. The molecule has 12 heteroatoms. The Hall–Kier alpha value is -3.25. The average molecular weight is 511 g/mol. The lowest BCUT2D eigenvalue weighted by molar-refractivity contribution is -0.137. The number of hydrogen-bond donors (Lipinski definition) is 4. The maximum absolute atomic E-state index is 12.8. The molecule has 1 aliphatic heterocycles. The first-order chi connectivity index (χ1) is 16.6. The number of ether oxygens (including phenoxy) is 1. The molecule has 35 heavy (non-hydrogen) atoms. The highest BCUT2D eigenvalue weighted by atomic mass is 32.2. The number of anilines is 1. The predicted molar refractivity (Wildman–Crippen MR) is 125 cm³/mol. The predicted octanol–water partition coefficient (Wildman–Crippen LogP) is 2.85. The Morgan fingerprint density at radius 2 is 1.91 bits per heavy atom. The summed E-state index contributed by atoms with van der Waals surface area (Å²) in [5.41, 5.74) is -0.597. The molecule has 1 saturated heterocycles. The number of amides is 3. The smallest absolute Gasteiger partial charge is 0.416 e. The van der Waals surface area contributed by atoms with Gasteiger partial charge in [-0.1, -0.05) is 18.2 Å². The molecule has 0 aromatic heterocycles. The molecule has 1 heterocycles. The highest BCUT2D eigenvalue weighted by molar-refractivity contribution is 8.00. The molecule has 2 atom stereocenters. The first-order valence-corrected chi connectivity index (χ1v) is 11.7. The molecule has 3 rings (SSSR count). The number of hydrogen-bond acceptors (Lipinski definition) is 6. The van der Waals surface area contributed by atoms with E-state index in [4.69, 9.17) is 4.74 Å². The first-order valence-electron chi connectivity index (χ1n) is 10.7. The fraction of sp³-hybridized carbons (Fsp3) is 0.348. The van der Waals surface area contributed by atoms with Gasteiger partial charge in [0.2, 0.25) is 17.7 Å². The van der Waals surface area contributed by atoms with Gasteiger partial charge in [-0.15, -0.1) is 11.8 Å². The van der Waals surface area contributed by atoms with Crippen molar-refractivity contribution in [3.8, 4) is 5.75 Å². The maximum atomic E-state index is 12.8. The summed E-state index contributed by atoms with van der Waals surface area (Å²) in [6.45, 7) is 0.308. The van der Waals surface area contributed by atoms with Crippen LogP contribution >= 0.6 is 11.8 Å². The number of benzene rings is 2. The fourth-order valence-corrected chi connectivity index (χ4v) is 4.27. The second-order valence-electron chi connectivity index (χ2n) is 7.79. The molecule has 1 fully saturated rings. The number of rotatable bonds is 9. The molecule has 2 aromatic rings.